The lowest BCUT2D eigenvalue weighted by Crippen LogP contribution is -2.39. The summed E-state index contributed by atoms with van der Waals surface area (Å²) < 4.78 is 24.6. The molecule has 0 aliphatic carbocycles. The maximum atomic E-state index is 11.4. The molecule has 0 saturated carbocycles. The molecule has 0 aliphatic rings. The molecule has 5 nitrogen and oxygen atoms in total. The van der Waals surface area contributed by atoms with E-state index in [1.54, 1.807) is 10.9 Å². The number of nitrogens with zero attached hydrogens (tertiary/aromatic N) is 2. The van der Waals surface area contributed by atoms with Crippen LogP contribution < -0.4 is 5.32 Å². The molecule has 19 heavy (non-hydrogen) atoms. The lowest BCUT2D eigenvalue weighted by Gasteiger charge is -2.24. The van der Waals surface area contributed by atoms with Gasteiger partial charge in [0, 0.05) is 18.5 Å². The second kappa shape index (κ2) is 7.05. The van der Waals surface area contributed by atoms with E-state index in [-0.39, 0.29) is 4.90 Å². The van der Waals surface area contributed by atoms with Crippen molar-refractivity contribution in [2.75, 3.05) is 12.8 Å². The summed E-state index contributed by atoms with van der Waals surface area (Å²) in [5.74, 6) is 0.525. The monoisotopic (exact) mass is 287 g/mol. The third-order valence-corrected chi connectivity index (χ3v) is 4.48. The number of rotatable bonds is 8. The largest absolute Gasteiger partial charge is 0.312 e. The Morgan fingerprint density at radius 1 is 1.42 bits per heavy atom. The van der Waals surface area contributed by atoms with E-state index in [1.165, 1.54) is 12.5 Å². The minimum absolute atomic E-state index is 0.283. The van der Waals surface area contributed by atoms with Gasteiger partial charge in [-0.15, -0.1) is 0 Å². The second-order valence-corrected chi connectivity index (χ2v) is 7.13. The molecule has 1 heterocycles. The van der Waals surface area contributed by atoms with Crippen LogP contribution in [0.1, 0.15) is 33.6 Å². The standard InChI is InChI=1S/C13H25N3O2S/c1-5-7-14-13(11(3)6-2)10-16-9-12(8-15-16)19(4,17)18/h8-9,11,13-14H,5-7,10H2,1-4H3. The van der Waals surface area contributed by atoms with Gasteiger partial charge < -0.3 is 5.32 Å². The van der Waals surface area contributed by atoms with E-state index in [1.807, 2.05) is 0 Å². The van der Waals surface area contributed by atoms with E-state index in [4.69, 9.17) is 0 Å². The summed E-state index contributed by atoms with van der Waals surface area (Å²) in [6, 6.07) is 0.317. The van der Waals surface area contributed by atoms with Gasteiger partial charge in [-0.25, -0.2) is 8.42 Å². The zero-order valence-electron chi connectivity index (χ0n) is 12.3. The van der Waals surface area contributed by atoms with Crippen LogP contribution >= 0.6 is 0 Å². The number of hydrogen-bond acceptors (Lipinski definition) is 4. The SMILES string of the molecule is CCCNC(Cn1cc(S(C)(=O)=O)cn1)C(C)CC. The normalized spacial score (nSPS) is 15.4. The van der Waals surface area contributed by atoms with Gasteiger partial charge in [0.15, 0.2) is 9.84 Å². The van der Waals surface area contributed by atoms with Crippen LogP contribution in [-0.2, 0) is 16.4 Å². The molecule has 0 spiro atoms. The Kier molecular flexibility index (Phi) is 6.00. The van der Waals surface area contributed by atoms with Crippen molar-refractivity contribution in [3.63, 3.8) is 0 Å². The average Bonchev–Trinajstić information content (AvgIpc) is 2.81. The van der Waals surface area contributed by atoms with Crippen LogP contribution in [0, 0.1) is 5.92 Å². The first-order valence-electron chi connectivity index (χ1n) is 6.84. The summed E-state index contributed by atoms with van der Waals surface area (Å²) in [5, 5.41) is 7.65. The van der Waals surface area contributed by atoms with Crippen LogP contribution in [-0.4, -0.2) is 37.0 Å². The molecule has 0 fully saturated rings. The Morgan fingerprint density at radius 3 is 2.58 bits per heavy atom. The molecular formula is C13H25N3O2S. The van der Waals surface area contributed by atoms with Crippen LogP contribution in [0.3, 0.4) is 0 Å². The first kappa shape index (κ1) is 16.2. The van der Waals surface area contributed by atoms with Gasteiger partial charge in [0.25, 0.3) is 0 Å². The average molecular weight is 287 g/mol. The summed E-state index contributed by atoms with van der Waals surface area (Å²) >= 11 is 0. The zero-order valence-corrected chi connectivity index (χ0v) is 13.1. The fourth-order valence-electron chi connectivity index (χ4n) is 1.90. The van der Waals surface area contributed by atoms with Gasteiger partial charge in [-0.05, 0) is 18.9 Å². The Morgan fingerprint density at radius 2 is 2.11 bits per heavy atom. The maximum Gasteiger partial charge on any atom is 0.178 e. The predicted molar refractivity (Wildman–Crippen MR) is 76.9 cm³/mol. The van der Waals surface area contributed by atoms with E-state index < -0.39 is 9.84 Å². The van der Waals surface area contributed by atoms with Crippen molar-refractivity contribution in [1.82, 2.24) is 15.1 Å². The molecule has 110 valence electrons. The highest BCUT2D eigenvalue weighted by Gasteiger charge is 2.17. The molecule has 2 atom stereocenters. The number of aromatic nitrogens is 2. The molecule has 0 amide bonds. The number of nitrogens with one attached hydrogen (secondary N) is 1. The van der Waals surface area contributed by atoms with Crippen molar-refractivity contribution in [3.05, 3.63) is 12.4 Å². The van der Waals surface area contributed by atoms with Gasteiger partial charge in [-0.3, -0.25) is 4.68 Å². The van der Waals surface area contributed by atoms with E-state index in [2.05, 4.69) is 31.2 Å². The van der Waals surface area contributed by atoms with Crippen molar-refractivity contribution >= 4 is 9.84 Å². The smallest absolute Gasteiger partial charge is 0.178 e. The van der Waals surface area contributed by atoms with Crippen molar-refractivity contribution in [2.24, 2.45) is 5.92 Å². The molecule has 0 aromatic carbocycles. The zero-order chi connectivity index (χ0) is 14.5. The van der Waals surface area contributed by atoms with E-state index in [9.17, 15) is 8.42 Å². The molecular weight excluding hydrogens is 262 g/mol. The van der Waals surface area contributed by atoms with Gasteiger partial charge in [0.05, 0.1) is 12.7 Å². The first-order chi connectivity index (χ1) is 8.88. The molecule has 0 saturated heterocycles. The lowest BCUT2D eigenvalue weighted by atomic mass is 9.99. The van der Waals surface area contributed by atoms with Crippen LogP contribution in [0.15, 0.2) is 17.3 Å². The van der Waals surface area contributed by atoms with Crippen LogP contribution in [0.5, 0.6) is 0 Å². The third kappa shape index (κ3) is 4.95. The Labute approximate surface area is 116 Å². The highest BCUT2D eigenvalue weighted by molar-refractivity contribution is 7.90. The molecule has 1 N–H and O–H groups in total. The van der Waals surface area contributed by atoms with Crippen molar-refractivity contribution in [2.45, 2.75) is 51.1 Å². The van der Waals surface area contributed by atoms with Crippen molar-refractivity contribution in [1.29, 1.82) is 0 Å². The second-order valence-electron chi connectivity index (χ2n) is 5.12. The van der Waals surface area contributed by atoms with Gasteiger partial charge in [-0.2, -0.15) is 5.10 Å². The van der Waals surface area contributed by atoms with Gasteiger partial charge in [0.1, 0.15) is 4.90 Å². The molecule has 1 rings (SSSR count). The fourth-order valence-corrected chi connectivity index (χ4v) is 2.45. The topological polar surface area (TPSA) is 64.0 Å². The quantitative estimate of drug-likeness (QED) is 0.790. The maximum absolute atomic E-state index is 11.4. The van der Waals surface area contributed by atoms with Crippen LogP contribution in [0.25, 0.3) is 0 Å². The molecule has 0 bridgehead atoms. The third-order valence-electron chi connectivity index (χ3n) is 3.41. The van der Waals surface area contributed by atoms with Crippen LogP contribution in [0.4, 0.5) is 0 Å². The predicted octanol–water partition coefficient (Wildman–Crippen LogP) is 1.70. The van der Waals surface area contributed by atoms with Crippen molar-refractivity contribution in [3.8, 4) is 0 Å². The first-order valence-corrected chi connectivity index (χ1v) is 8.73. The Bertz CT molecular complexity index is 482. The lowest BCUT2D eigenvalue weighted by molar-refractivity contribution is 0.319. The molecule has 0 radical (unpaired) electrons. The summed E-state index contributed by atoms with van der Waals surface area (Å²) in [5.41, 5.74) is 0. The van der Waals surface area contributed by atoms with Gasteiger partial charge in [0.2, 0.25) is 0 Å². The molecule has 0 aliphatic heterocycles. The Balaban J connectivity index is 2.76. The molecule has 1 aromatic heterocycles. The highest BCUT2D eigenvalue weighted by Crippen LogP contribution is 2.12. The summed E-state index contributed by atoms with van der Waals surface area (Å²) in [7, 11) is -3.16. The van der Waals surface area contributed by atoms with Gasteiger partial charge >= 0.3 is 0 Å². The molecule has 2 unspecified atom stereocenters. The van der Waals surface area contributed by atoms with Crippen LogP contribution in [0.2, 0.25) is 0 Å². The fraction of sp³-hybridized carbons (Fsp3) is 0.769. The molecule has 6 heteroatoms. The minimum atomic E-state index is -3.16. The van der Waals surface area contributed by atoms with E-state index in [0.29, 0.717) is 18.5 Å². The van der Waals surface area contributed by atoms with Gasteiger partial charge in [-0.1, -0.05) is 27.2 Å². The number of hydrogen-bond donors (Lipinski definition) is 1. The summed E-state index contributed by atoms with van der Waals surface area (Å²) in [6.07, 6.45) is 6.40. The van der Waals surface area contributed by atoms with E-state index >= 15 is 0 Å². The number of sulfone groups is 1. The summed E-state index contributed by atoms with van der Waals surface area (Å²) in [6.45, 7) is 8.17. The van der Waals surface area contributed by atoms with Crippen molar-refractivity contribution < 1.29 is 8.42 Å². The minimum Gasteiger partial charge on any atom is -0.312 e. The van der Waals surface area contributed by atoms with E-state index in [0.717, 1.165) is 19.4 Å². The molecule has 1 aromatic rings. The Hall–Kier alpha value is -0.880. The summed E-state index contributed by atoms with van der Waals surface area (Å²) in [4.78, 5) is 0.283. The highest BCUT2D eigenvalue weighted by atomic mass is 32.2.